The Balaban J connectivity index is 1.33. The second-order valence-electron chi connectivity index (χ2n) is 9.51. The number of aliphatic imine (C=N–C) groups is 1. The average molecular weight is 444 g/mol. The van der Waals surface area contributed by atoms with Gasteiger partial charge in [0.2, 0.25) is 5.90 Å². The normalized spacial score (nSPS) is 16.3. The van der Waals surface area contributed by atoms with Gasteiger partial charge in [0.05, 0.1) is 17.8 Å². The third-order valence-corrected chi connectivity index (χ3v) is 6.58. The average Bonchev–Trinajstić information content (AvgIpc) is 3.23. The van der Waals surface area contributed by atoms with Gasteiger partial charge in [0.15, 0.2) is 0 Å². The smallest absolute Gasteiger partial charge is 0.260 e. The van der Waals surface area contributed by atoms with Crippen LogP contribution in [0.25, 0.3) is 11.3 Å². The van der Waals surface area contributed by atoms with Gasteiger partial charge in [0.1, 0.15) is 28.6 Å². The lowest BCUT2D eigenvalue weighted by molar-refractivity contribution is 0.131. The SMILES string of the molecule is CC1(C)CN=C(c2ccc(-c3cc4c5c(c3)Oc3ccccc3B5c3ccccc3O4)nc2)O1. The molecular weight excluding hydrogens is 423 g/mol. The van der Waals surface area contributed by atoms with Gasteiger partial charge in [-0.2, -0.15) is 0 Å². The van der Waals surface area contributed by atoms with Crippen LogP contribution in [-0.2, 0) is 4.74 Å². The summed E-state index contributed by atoms with van der Waals surface area (Å²) in [4.78, 5) is 9.24. The summed E-state index contributed by atoms with van der Waals surface area (Å²) in [5.74, 6) is 4.01. The van der Waals surface area contributed by atoms with Gasteiger partial charge in [-0.15, -0.1) is 0 Å². The molecule has 34 heavy (non-hydrogen) atoms. The van der Waals surface area contributed by atoms with Crippen LogP contribution in [-0.4, -0.2) is 29.7 Å². The minimum atomic E-state index is -0.271. The maximum absolute atomic E-state index is 6.38. The number of hydrogen-bond donors (Lipinski definition) is 0. The molecule has 0 spiro atoms. The molecule has 0 saturated heterocycles. The van der Waals surface area contributed by atoms with Crippen molar-refractivity contribution in [3.63, 3.8) is 0 Å². The second kappa shape index (κ2) is 6.97. The van der Waals surface area contributed by atoms with Crippen LogP contribution in [0.15, 0.2) is 84.0 Å². The lowest BCUT2D eigenvalue weighted by Crippen LogP contribution is -2.57. The van der Waals surface area contributed by atoms with Crippen molar-refractivity contribution in [3.05, 3.63) is 84.6 Å². The Morgan fingerprint density at radius 3 is 1.97 bits per heavy atom. The van der Waals surface area contributed by atoms with Crippen molar-refractivity contribution in [2.75, 3.05) is 6.54 Å². The van der Waals surface area contributed by atoms with Crippen molar-refractivity contribution in [1.82, 2.24) is 4.98 Å². The van der Waals surface area contributed by atoms with E-state index in [0.717, 1.165) is 56.2 Å². The summed E-state index contributed by atoms with van der Waals surface area (Å²) in [7, 11) is 0. The van der Waals surface area contributed by atoms with Crippen LogP contribution in [0.1, 0.15) is 19.4 Å². The summed E-state index contributed by atoms with van der Waals surface area (Å²) >= 11 is 0. The van der Waals surface area contributed by atoms with E-state index in [4.69, 9.17) is 19.2 Å². The van der Waals surface area contributed by atoms with Crippen LogP contribution in [0.3, 0.4) is 0 Å². The van der Waals surface area contributed by atoms with E-state index < -0.39 is 0 Å². The molecule has 6 heteroatoms. The van der Waals surface area contributed by atoms with E-state index in [1.165, 1.54) is 0 Å². The standard InChI is InChI=1S/C28H21BN2O3/c1-28(2)16-31-27(34-28)17-11-12-21(30-15-17)18-13-24-26-25(14-18)33-23-10-6-4-8-20(23)29(26)19-7-3-5-9-22(19)32-24/h3-15H,16H2,1-2H3. The Bertz CT molecular complexity index is 1420. The monoisotopic (exact) mass is 444 g/mol. The number of ether oxygens (including phenoxy) is 3. The number of benzene rings is 3. The topological polar surface area (TPSA) is 52.9 Å². The minimum Gasteiger partial charge on any atom is -0.469 e. The van der Waals surface area contributed by atoms with Crippen molar-refractivity contribution < 1.29 is 14.2 Å². The van der Waals surface area contributed by atoms with Gasteiger partial charge in [0.25, 0.3) is 6.71 Å². The maximum atomic E-state index is 6.38. The fraction of sp³-hybridized carbons (Fsp3) is 0.143. The molecule has 3 aliphatic rings. The molecule has 0 unspecified atom stereocenters. The van der Waals surface area contributed by atoms with Gasteiger partial charge in [-0.3, -0.25) is 4.98 Å². The minimum absolute atomic E-state index is 0.0742. The zero-order valence-electron chi connectivity index (χ0n) is 18.9. The van der Waals surface area contributed by atoms with Gasteiger partial charge >= 0.3 is 0 Å². The molecular formula is C28H21BN2O3. The molecule has 164 valence electrons. The highest BCUT2D eigenvalue weighted by Crippen LogP contribution is 2.37. The summed E-state index contributed by atoms with van der Waals surface area (Å²) in [6, 6.07) is 24.6. The van der Waals surface area contributed by atoms with Crippen molar-refractivity contribution in [3.8, 4) is 34.3 Å². The molecule has 7 rings (SSSR count). The van der Waals surface area contributed by atoms with Crippen LogP contribution in [0.4, 0.5) is 0 Å². The molecule has 4 aromatic rings. The van der Waals surface area contributed by atoms with E-state index in [-0.39, 0.29) is 12.3 Å². The quantitative estimate of drug-likeness (QED) is 0.379. The maximum Gasteiger partial charge on any atom is 0.260 e. The molecule has 4 heterocycles. The Labute approximate surface area is 198 Å². The van der Waals surface area contributed by atoms with Gasteiger partial charge < -0.3 is 14.2 Å². The highest BCUT2D eigenvalue weighted by molar-refractivity contribution is 6.98. The number of pyridine rings is 1. The number of fused-ring (bicyclic) bond motifs is 4. The Kier molecular flexibility index (Phi) is 3.98. The van der Waals surface area contributed by atoms with E-state index in [0.29, 0.717) is 12.4 Å². The van der Waals surface area contributed by atoms with Crippen molar-refractivity contribution in [1.29, 1.82) is 0 Å². The van der Waals surface area contributed by atoms with Crippen LogP contribution in [0, 0.1) is 0 Å². The zero-order valence-corrected chi connectivity index (χ0v) is 18.9. The van der Waals surface area contributed by atoms with Crippen LogP contribution >= 0.6 is 0 Å². The van der Waals surface area contributed by atoms with Gasteiger partial charge in [-0.25, -0.2) is 4.99 Å². The van der Waals surface area contributed by atoms with E-state index in [9.17, 15) is 0 Å². The van der Waals surface area contributed by atoms with Crippen LogP contribution in [0.2, 0.25) is 0 Å². The first-order valence-corrected chi connectivity index (χ1v) is 11.5. The highest BCUT2D eigenvalue weighted by Gasteiger charge is 2.40. The zero-order chi connectivity index (χ0) is 22.9. The molecule has 5 nitrogen and oxygen atoms in total. The van der Waals surface area contributed by atoms with E-state index in [1.807, 2.05) is 56.4 Å². The lowest BCUT2D eigenvalue weighted by Gasteiger charge is -2.33. The fourth-order valence-corrected chi connectivity index (χ4v) is 4.97. The molecule has 0 amide bonds. The number of nitrogens with zero attached hydrogens (tertiary/aromatic N) is 2. The van der Waals surface area contributed by atoms with Crippen molar-refractivity contribution in [2.45, 2.75) is 19.4 Å². The number of hydrogen-bond acceptors (Lipinski definition) is 5. The molecule has 0 fully saturated rings. The molecule has 0 N–H and O–H groups in total. The summed E-state index contributed by atoms with van der Waals surface area (Å²) in [6.45, 7) is 4.79. The predicted molar refractivity (Wildman–Crippen MR) is 134 cm³/mol. The summed E-state index contributed by atoms with van der Waals surface area (Å²) < 4.78 is 18.7. The number of rotatable bonds is 2. The van der Waals surface area contributed by atoms with E-state index >= 15 is 0 Å². The van der Waals surface area contributed by atoms with Crippen LogP contribution in [0.5, 0.6) is 23.0 Å². The van der Waals surface area contributed by atoms with Crippen molar-refractivity contribution in [2.24, 2.45) is 4.99 Å². The molecule has 3 aliphatic heterocycles. The summed E-state index contributed by atoms with van der Waals surface area (Å²) in [5.41, 5.74) is 5.75. The van der Waals surface area contributed by atoms with Crippen molar-refractivity contribution >= 4 is 29.0 Å². The van der Waals surface area contributed by atoms with Crippen LogP contribution < -0.4 is 25.9 Å². The molecule has 0 bridgehead atoms. The highest BCUT2D eigenvalue weighted by atomic mass is 16.5. The van der Waals surface area contributed by atoms with Gasteiger partial charge in [-0.1, -0.05) is 36.4 Å². The third-order valence-electron chi connectivity index (χ3n) is 6.58. The first kappa shape index (κ1) is 19.4. The number of aromatic nitrogens is 1. The fourth-order valence-electron chi connectivity index (χ4n) is 4.97. The second-order valence-corrected chi connectivity index (χ2v) is 9.51. The Hall–Kier alpha value is -4.06. The molecule has 3 aromatic carbocycles. The van der Waals surface area contributed by atoms with Gasteiger partial charge in [-0.05, 0) is 61.2 Å². The summed E-state index contributed by atoms with van der Waals surface area (Å²) in [5, 5.41) is 0. The third kappa shape index (κ3) is 2.95. The lowest BCUT2D eigenvalue weighted by atomic mass is 9.35. The largest absolute Gasteiger partial charge is 0.469 e. The molecule has 1 aromatic heterocycles. The predicted octanol–water partition coefficient (Wildman–Crippen LogP) is 4.03. The molecule has 0 radical (unpaired) electrons. The first-order chi connectivity index (χ1) is 16.6. The molecule has 0 atom stereocenters. The van der Waals surface area contributed by atoms with E-state index in [1.54, 1.807) is 0 Å². The van der Waals surface area contributed by atoms with Gasteiger partial charge in [0, 0.05) is 17.2 Å². The first-order valence-electron chi connectivity index (χ1n) is 11.5. The van der Waals surface area contributed by atoms with E-state index in [2.05, 4.69) is 41.4 Å². The number of para-hydroxylation sites is 2. The molecule has 0 saturated carbocycles. The Morgan fingerprint density at radius 2 is 1.41 bits per heavy atom. The molecule has 0 aliphatic carbocycles. The summed E-state index contributed by atoms with van der Waals surface area (Å²) in [6.07, 6.45) is 1.82. The Morgan fingerprint density at radius 1 is 0.765 bits per heavy atom.